The Bertz CT molecular complexity index is 587. The molecule has 1 N–H and O–H groups in total. The quantitative estimate of drug-likeness (QED) is 0.855. The molecule has 0 amide bonds. The Hall–Kier alpha value is -1.33. The average Bonchev–Trinajstić information content (AvgIpc) is 3.00. The molecule has 0 fully saturated rings. The van der Waals surface area contributed by atoms with Crippen LogP contribution in [0.3, 0.4) is 0 Å². The number of aryl methyl sites for hydroxylation is 3. The van der Waals surface area contributed by atoms with Crippen molar-refractivity contribution >= 4 is 11.6 Å². The Labute approximate surface area is 131 Å². The highest BCUT2D eigenvalue weighted by molar-refractivity contribution is 6.31. The lowest BCUT2D eigenvalue weighted by Crippen LogP contribution is -2.24. The van der Waals surface area contributed by atoms with Crippen LogP contribution in [0.1, 0.15) is 43.3 Å². The SMILES string of the molecule is CCCNC(Cc1c(Cl)c(CC)nn1C)c1cnn(C)c1. The van der Waals surface area contributed by atoms with Crippen LogP contribution in [0.4, 0.5) is 0 Å². The summed E-state index contributed by atoms with van der Waals surface area (Å²) < 4.78 is 3.73. The zero-order valence-corrected chi connectivity index (χ0v) is 14.0. The molecule has 0 aliphatic heterocycles. The summed E-state index contributed by atoms with van der Waals surface area (Å²) in [7, 11) is 3.90. The monoisotopic (exact) mass is 309 g/mol. The predicted molar refractivity (Wildman–Crippen MR) is 85.5 cm³/mol. The second kappa shape index (κ2) is 7.09. The minimum absolute atomic E-state index is 0.205. The van der Waals surface area contributed by atoms with Crippen LogP contribution in [0.5, 0.6) is 0 Å². The molecule has 5 nitrogen and oxygen atoms in total. The molecule has 0 aliphatic rings. The van der Waals surface area contributed by atoms with Crippen LogP contribution in [0.25, 0.3) is 0 Å². The molecule has 0 aliphatic carbocycles. The lowest BCUT2D eigenvalue weighted by Gasteiger charge is -2.17. The Morgan fingerprint density at radius 3 is 2.62 bits per heavy atom. The van der Waals surface area contributed by atoms with Gasteiger partial charge in [0.15, 0.2) is 0 Å². The van der Waals surface area contributed by atoms with Crippen LogP contribution in [-0.4, -0.2) is 26.1 Å². The van der Waals surface area contributed by atoms with Crippen molar-refractivity contribution < 1.29 is 0 Å². The molecule has 1 atom stereocenters. The van der Waals surface area contributed by atoms with Gasteiger partial charge in [-0.3, -0.25) is 9.36 Å². The van der Waals surface area contributed by atoms with E-state index in [2.05, 4.69) is 35.6 Å². The van der Waals surface area contributed by atoms with E-state index in [0.29, 0.717) is 0 Å². The van der Waals surface area contributed by atoms with Crippen molar-refractivity contribution in [3.8, 4) is 0 Å². The molecular formula is C15H24ClN5. The van der Waals surface area contributed by atoms with E-state index in [9.17, 15) is 0 Å². The normalized spacial score (nSPS) is 12.8. The molecular weight excluding hydrogens is 286 g/mol. The molecule has 0 saturated heterocycles. The van der Waals surface area contributed by atoms with Gasteiger partial charge < -0.3 is 5.32 Å². The summed E-state index contributed by atoms with van der Waals surface area (Å²) >= 11 is 6.47. The van der Waals surface area contributed by atoms with E-state index in [1.807, 2.05) is 29.7 Å². The standard InChI is InChI=1S/C15H24ClN5/c1-5-7-17-13(11-9-18-20(3)10-11)8-14-15(16)12(6-2)19-21(14)4/h9-10,13,17H,5-8H2,1-4H3. The van der Waals surface area contributed by atoms with Gasteiger partial charge in [-0.2, -0.15) is 10.2 Å². The molecule has 6 heteroatoms. The number of hydrogen-bond acceptors (Lipinski definition) is 3. The maximum Gasteiger partial charge on any atom is 0.0850 e. The summed E-state index contributed by atoms with van der Waals surface area (Å²) in [6.07, 6.45) is 6.73. The first-order valence-electron chi connectivity index (χ1n) is 7.48. The highest BCUT2D eigenvalue weighted by Gasteiger charge is 2.19. The van der Waals surface area contributed by atoms with Crippen molar-refractivity contribution in [2.45, 2.75) is 39.2 Å². The van der Waals surface area contributed by atoms with E-state index in [1.54, 1.807) is 0 Å². The third kappa shape index (κ3) is 3.66. The van der Waals surface area contributed by atoms with E-state index in [-0.39, 0.29) is 6.04 Å². The summed E-state index contributed by atoms with van der Waals surface area (Å²) in [5.74, 6) is 0. The number of hydrogen-bond donors (Lipinski definition) is 1. The van der Waals surface area contributed by atoms with E-state index in [4.69, 9.17) is 11.6 Å². The number of rotatable bonds is 7. The molecule has 0 aromatic carbocycles. The first-order valence-corrected chi connectivity index (χ1v) is 7.86. The van der Waals surface area contributed by atoms with Gasteiger partial charge in [0.2, 0.25) is 0 Å². The molecule has 21 heavy (non-hydrogen) atoms. The van der Waals surface area contributed by atoms with Gasteiger partial charge in [0.25, 0.3) is 0 Å². The van der Waals surface area contributed by atoms with Crippen LogP contribution < -0.4 is 5.32 Å². The van der Waals surface area contributed by atoms with Gasteiger partial charge in [-0.25, -0.2) is 0 Å². The van der Waals surface area contributed by atoms with Gasteiger partial charge in [-0.1, -0.05) is 25.4 Å². The van der Waals surface area contributed by atoms with Gasteiger partial charge in [-0.05, 0) is 19.4 Å². The molecule has 1 unspecified atom stereocenters. The summed E-state index contributed by atoms with van der Waals surface area (Å²) in [6.45, 7) is 5.21. The minimum Gasteiger partial charge on any atom is -0.310 e. The summed E-state index contributed by atoms with van der Waals surface area (Å²) in [4.78, 5) is 0. The van der Waals surface area contributed by atoms with Crippen LogP contribution in [0.15, 0.2) is 12.4 Å². The number of nitrogens with zero attached hydrogens (tertiary/aromatic N) is 4. The number of halogens is 1. The highest BCUT2D eigenvalue weighted by atomic mass is 35.5. The third-order valence-electron chi connectivity index (χ3n) is 3.67. The van der Waals surface area contributed by atoms with Crippen molar-refractivity contribution in [1.29, 1.82) is 0 Å². The van der Waals surface area contributed by atoms with Crippen LogP contribution in [0.2, 0.25) is 5.02 Å². The molecule has 0 spiro atoms. The Balaban J connectivity index is 2.24. The van der Waals surface area contributed by atoms with Crippen molar-refractivity contribution in [2.75, 3.05) is 6.54 Å². The molecule has 116 valence electrons. The third-order valence-corrected chi connectivity index (χ3v) is 4.10. The maximum absolute atomic E-state index is 6.47. The summed E-state index contributed by atoms with van der Waals surface area (Å²) in [5.41, 5.74) is 3.22. The van der Waals surface area contributed by atoms with Crippen molar-refractivity contribution in [3.63, 3.8) is 0 Å². The van der Waals surface area contributed by atoms with Gasteiger partial charge in [0.05, 0.1) is 22.6 Å². The fraction of sp³-hybridized carbons (Fsp3) is 0.600. The molecule has 0 bridgehead atoms. The molecule has 0 saturated carbocycles. The first-order chi connectivity index (χ1) is 10.1. The lowest BCUT2D eigenvalue weighted by molar-refractivity contribution is 0.512. The highest BCUT2D eigenvalue weighted by Crippen LogP contribution is 2.26. The fourth-order valence-corrected chi connectivity index (χ4v) is 2.85. The minimum atomic E-state index is 0.205. The Kier molecular flexibility index (Phi) is 5.42. The molecule has 0 radical (unpaired) electrons. The van der Waals surface area contributed by atoms with E-state index in [1.165, 1.54) is 5.56 Å². The van der Waals surface area contributed by atoms with Gasteiger partial charge in [0, 0.05) is 38.3 Å². The molecule has 2 aromatic heterocycles. The van der Waals surface area contributed by atoms with Crippen LogP contribution in [0, 0.1) is 0 Å². The zero-order valence-electron chi connectivity index (χ0n) is 13.2. The molecule has 2 heterocycles. The van der Waals surface area contributed by atoms with E-state index >= 15 is 0 Å². The number of aromatic nitrogens is 4. The smallest absolute Gasteiger partial charge is 0.0850 e. The summed E-state index contributed by atoms with van der Waals surface area (Å²) in [6, 6.07) is 0.205. The lowest BCUT2D eigenvalue weighted by atomic mass is 10.0. The maximum atomic E-state index is 6.47. The predicted octanol–water partition coefficient (Wildman–Crippen LogP) is 2.65. The average molecular weight is 310 g/mol. The second-order valence-corrected chi connectivity index (χ2v) is 5.72. The largest absolute Gasteiger partial charge is 0.310 e. The number of nitrogens with one attached hydrogen (secondary N) is 1. The first kappa shape index (κ1) is 16.0. The van der Waals surface area contributed by atoms with Crippen molar-refractivity contribution in [2.24, 2.45) is 14.1 Å². The molecule has 2 aromatic rings. The van der Waals surface area contributed by atoms with E-state index in [0.717, 1.165) is 42.2 Å². The van der Waals surface area contributed by atoms with Gasteiger partial charge >= 0.3 is 0 Å². The Morgan fingerprint density at radius 1 is 1.33 bits per heavy atom. The summed E-state index contributed by atoms with van der Waals surface area (Å²) in [5, 5.41) is 13.1. The van der Waals surface area contributed by atoms with Gasteiger partial charge in [0.1, 0.15) is 0 Å². The van der Waals surface area contributed by atoms with Crippen LogP contribution >= 0.6 is 11.6 Å². The fourth-order valence-electron chi connectivity index (χ4n) is 2.48. The second-order valence-electron chi connectivity index (χ2n) is 5.34. The van der Waals surface area contributed by atoms with Gasteiger partial charge in [-0.15, -0.1) is 0 Å². The molecule has 2 rings (SSSR count). The topological polar surface area (TPSA) is 47.7 Å². The van der Waals surface area contributed by atoms with Crippen LogP contribution in [-0.2, 0) is 26.9 Å². The van der Waals surface area contributed by atoms with Crippen molar-refractivity contribution in [3.05, 3.63) is 34.4 Å². The Morgan fingerprint density at radius 2 is 2.10 bits per heavy atom. The zero-order chi connectivity index (χ0) is 15.4. The van der Waals surface area contributed by atoms with E-state index < -0.39 is 0 Å². The van der Waals surface area contributed by atoms with Crippen molar-refractivity contribution in [1.82, 2.24) is 24.9 Å².